The first-order valence-electron chi connectivity index (χ1n) is 7.01. The summed E-state index contributed by atoms with van der Waals surface area (Å²) >= 11 is 0. The second-order valence-electron chi connectivity index (χ2n) is 5.58. The molecule has 3 N–H and O–H groups in total. The van der Waals surface area contributed by atoms with E-state index in [-0.39, 0.29) is 17.6 Å². The quantitative estimate of drug-likeness (QED) is 0.731. The fourth-order valence-electron chi connectivity index (χ4n) is 2.61. The van der Waals surface area contributed by atoms with Crippen molar-refractivity contribution in [3.63, 3.8) is 0 Å². The predicted octanol–water partition coefficient (Wildman–Crippen LogP) is 0.0948. The van der Waals surface area contributed by atoms with E-state index in [4.69, 9.17) is 10.5 Å². The molecule has 1 unspecified atom stereocenters. The van der Waals surface area contributed by atoms with Crippen molar-refractivity contribution in [1.82, 2.24) is 10.2 Å². The Labute approximate surface area is 109 Å². The van der Waals surface area contributed by atoms with Crippen LogP contribution in [0.25, 0.3) is 0 Å². The topological polar surface area (TPSA) is 67.6 Å². The van der Waals surface area contributed by atoms with E-state index in [2.05, 4.69) is 17.1 Å². The highest BCUT2D eigenvalue weighted by molar-refractivity contribution is 5.77. The van der Waals surface area contributed by atoms with Crippen LogP contribution in [0.1, 0.15) is 32.6 Å². The van der Waals surface area contributed by atoms with Crippen molar-refractivity contribution in [3.8, 4) is 0 Å². The zero-order chi connectivity index (χ0) is 13.0. The van der Waals surface area contributed by atoms with Gasteiger partial charge in [0.25, 0.3) is 0 Å². The Morgan fingerprint density at radius 2 is 2.33 bits per heavy atom. The summed E-state index contributed by atoms with van der Waals surface area (Å²) in [6.07, 6.45) is 3.68. The number of hydrogen-bond acceptors (Lipinski definition) is 4. The molecule has 5 nitrogen and oxygen atoms in total. The monoisotopic (exact) mass is 255 g/mol. The summed E-state index contributed by atoms with van der Waals surface area (Å²) in [5.41, 5.74) is 5.83. The lowest BCUT2D eigenvalue weighted by atomic mass is 9.75. The second kappa shape index (κ2) is 5.99. The lowest BCUT2D eigenvalue weighted by Gasteiger charge is -2.37. The number of carbonyl (C=O) groups excluding carboxylic acids is 1. The zero-order valence-corrected chi connectivity index (χ0v) is 11.3. The van der Waals surface area contributed by atoms with Crippen LogP contribution in [-0.4, -0.2) is 55.2 Å². The Morgan fingerprint density at radius 1 is 1.56 bits per heavy atom. The summed E-state index contributed by atoms with van der Waals surface area (Å²) in [6.45, 7) is 6.45. The largest absolute Gasteiger partial charge is 0.374 e. The maximum atomic E-state index is 11.8. The van der Waals surface area contributed by atoms with E-state index >= 15 is 0 Å². The first-order chi connectivity index (χ1) is 8.61. The molecule has 1 heterocycles. The number of likely N-dealkylation sites (N-methyl/N-ethyl adjacent to an activating group) is 1. The van der Waals surface area contributed by atoms with E-state index in [9.17, 15) is 4.79 Å². The maximum Gasteiger partial charge on any atom is 0.221 e. The van der Waals surface area contributed by atoms with Gasteiger partial charge in [-0.05, 0) is 25.8 Å². The van der Waals surface area contributed by atoms with Gasteiger partial charge in [0.05, 0.1) is 12.7 Å². The molecule has 18 heavy (non-hydrogen) atoms. The molecule has 0 aromatic rings. The minimum atomic E-state index is -0.229. The van der Waals surface area contributed by atoms with Crippen molar-refractivity contribution in [2.75, 3.05) is 32.8 Å². The number of carbonyl (C=O) groups is 1. The number of amides is 1. The van der Waals surface area contributed by atoms with E-state index < -0.39 is 0 Å². The minimum Gasteiger partial charge on any atom is -0.374 e. The highest BCUT2D eigenvalue weighted by Crippen LogP contribution is 2.31. The van der Waals surface area contributed by atoms with Crippen molar-refractivity contribution in [1.29, 1.82) is 0 Å². The fourth-order valence-corrected chi connectivity index (χ4v) is 2.61. The number of rotatable bonds is 5. The Hall–Kier alpha value is -0.650. The molecule has 1 atom stereocenters. The molecule has 2 aliphatic rings. The molecule has 0 radical (unpaired) electrons. The minimum absolute atomic E-state index is 0.0643. The molecule has 0 aromatic carbocycles. The van der Waals surface area contributed by atoms with Crippen LogP contribution >= 0.6 is 0 Å². The molecule has 0 bridgehead atoms. The number of nitrogens with one attached hydrogen (secondary N) is 1. The molecule has 1 aliphatic heterocycles. The Kier molecular flexibility index (Phi) is 4.59. The normalized spacial score (nSPS) is 27.6. The number of nitrogens with two attached hydrogens (primary N) is 1. The van der Waals surface area contributed by atoms with Crippen LogP contribution in [0.2, 0.25) is 0 Å². The standard InChI is InChI=1S/C13H25N3O2/c1-2-16-6-7-18-11(10-16)9-15-12(17)8-13(14)4-3-5-13/h11H,2-10,14H2,1H3,(H,15,17). The molecule has 2 fully saturated rings. The average Bonchev–Trinajstić information content (AvgIpc) is 2.35. The first kappa shape index (κ1) is 13.8. The first-order valence-corrected chi connectivity index (χ1v) is 7.01. The van der Waals surface area contributed by atoms with E-state index in [1.807, 2.05) is 0 Å². The molecule has 0 aromatic heterocycles. The van der Waals surface area contributed by atoms with E-state index in [0.717, 1.165) is 45.5 Å². The van der Waals surface area contributed by atoms with Gasteiger partial charge in [-0.25, -0.2) is 0 Å². The summed E-state index contributed by atoms with van der Waals surface area (Å²) in [7, 11) is 0. The van der Waals surface area contributed by atoms with Crippen molar-refractivity contribution in [2.45, 2.75) is 44.2 Å². The molecule has 2 rings (SSSR count). The number of hydrogen-bond donors (Lipinski definition) is 2. The molecular weight excluding hydrogens is 230 g/mol. The number of ether oxygens (including phenoxy) is 1. The van der Waals surface area contributed by atoms with Crippen molar-refractivity contribution >= 4 is 5.91 Å². The molecular formula is C13H25N3O2. The summed E-state index contributed by atoms with van der Waals surface area (Å²) in [4.78, 5) is 14.1. The van der Waals surface area contributed by atoms with Crippen LogP contribution < -0.4 is 11.1 Å². The summed E-state index contributed by atoms with van der Waals surface area (Å²) in [5.74, 6) is 0.0643. The Morgan fingerprint density at radius 3 is 2.94 bits per heavy atom. The van der Waals surface area contributed by atoms with E-state index in [1.54, 1.807) is 0 Å². The third-order valence-electron chi connectivity index (χ3n) is 4.06. The Balaban J connectivity index is 1.66. The third kappa shape index (κ3) is 3.67. The molecule has 1 aliphatic carbocycles. The smallest absolute Gasteiger partial charge is 0.221 e. The van der Waals surface area contributed by atoms with Gasteiger partial charge >= 0.3 is 0 Å². The van der Waals surface area contributed by atoms with Crippen molar-refractivity contribution < 1.29 is 9.53 Å². The molecule has 1 saturated heterocycles. The molecule has 1 amide bonds. The predicted molar refractivity (Wildman–Crippen MR) is 70.3 cm³/mol. The van der Waals surface area contributed by atoms with Gasteiger partial charge in [0.15, 0.2) is 0 Å². The summed E-state index contributed by atoms with van der Waals surface area (Å²) in [6, 6.07) is 0. The van der Waals surface area contributed by atoms with Gasteiger partial charge in [0.2, 0.25) is 5.91 Å². The van der Waals surface area contributed by atoms with Crippen molar-refractivity contribution in [3.05, 3.63) is 0 Å². The van der Waals surface area contributed by atoms with Crippen LogP contribution in [0.4, 0.5) is 0 Å². The molecule has 5 heteroatoms. The van der Waals surface area contributed by atoms with Gasteiger partial charge < -0.3 is 15.8 Å². The maximum absolute atomic E-state index is 11.8. The van der Waals surface area contributed by atoms with Gasteiger partial charge in [0.1, 0.15) is 0 Å². The van der Waals surface area contributed by atoms with Gasteiger partial charge in [-0.15, -0.1) is 0 Å². The van der Waals surface area contributed by atoms with Gasteiger partial charge in [-0.3, -0.25) is 9.69 Å². The fraction of sp³-hybridized carbons (Fsp3) is 0.923. The SMILES string of the molecule is CCN1CCOC(CNC(=O)CC2(N)CCC2)C1. The highest BCUT2D eigenvalue weighted by atomic mass is 16.5. The van der Waals surface area contributed by atoms with Crippen molar-refractivity contribution in [2.24, 2.45) is 5.73 Å². The molecule has 104 valence electrons. The van der Waals surface area contributed by atoms with E-state index in [0.29, 0.717) is 13.0 Å². The van der Waals surface area contributed by atoms with Crippen LogP contribution in [0.3, 0.4) is 0 Å². The van der Waals surface area contributed by atoms with Gasteiger partial charge in [-0.2, -0.15) is 0 Å². The lowest BCUT2D eigenvalue weighted by molar-refractivity contribution is -0.124. The Bertz CT molecular complexity index is 292. The summed E-state index contributed by atoms with van der Waals surface area (Å²) < 4.78 is 5.64. The molecule has 0 spiro atoms. The van der Waals surface area contributed by atoms with Crippen LogP contribution in [0.15, 0.2) is 0 Å². The van der Waals surface area contributed by atoms with Crippen LogP contribution in [0, 0.1) is 0 Å². The highest BCUT2D eigenvalue weighted by Gasteiger charge is 2.34. The van der Waals surface area contributed by atoms with Crippen LogP contribution in [0.5, 0.6) is 0 Å². The zero-order valence-electron chi connectivity index (χ0n) is 11.3. The molecule has 1 saturated carbocycles. The number of nitrogens with zero attached hydrogens (tertiary/aromatic N) is 1. The van der Waals surface area contributed by atoms with E-state index in [1.165, 1.54) is 0 Å². The second-order valence-corrected chi connectivity index (χ2v) is 5.58. The van der Waals surface area contributed by atoms with Gasteiger partial charge in [-0.1, -0.05) is 6.92 Å². The van der Waals surface area contributed by atoms with Crippen LogP contribution in [-0.2, 0) is 9.53 Å². The summed E-state index contributed by atoms with van der Waals surface area (Å²) in [5, 5.41) is 2.95. The van der Waals surface area contributed by atoms with Gasteiger partial charge in [0, 0.05) is 31.6 Å². The number of morpholine rings is 1. The average molecular weight is 255 g/mol. The third-order valence-corrected chi connectivity index (χ3v) is 4.06. The lowest BCUT2D eigenvalue weighted by Crippen LogP contribution is -2.52.